The molecule has 12 heteroatoms. The highest BCUT2D eigenvalue weighted by Gasteiger charge is 2.17. The molecule has 6 rings (SSSR count). The van der Waals surface area contributed by atoms with Gasteiger partial charge < -0.3 is 10.2 Å². The molecule has 0 aliphatic rings. The fourth-order valence-corrected chi connectivity index (χ4v) is 4.79. The number of para-hydroxylation sites is 1. The van der Waals surface area contributed by atoms with E-state index in [2.05, 4.69) is 25.6 Å². The summed E-state index contributed by atoms with van der Waals surface area (Å²) >= 11 is 0. The van der Waals surface area contributed by atoms with E-state index in [1.165, 1.54) is 29.1 Å². The predicted molar refractivity (Wildman–Crippen MR) is 148 cm³/mol. The van der Waals surface area contributed by atoms with E-state index in [-0.39, 0.29) is 28.6 Å². The number of fused-ring (bicyclic) bond motifs is 2. The molecule has 200 valence electrons. The summed E-state index contributed by atoms with van der Waals surface area (Å²) in [6.45, 7) is 1.89. The molecular weight excluding hydrogens is 533 g/mol. The van der Waals surface area contributed by atoms with Crippen LogP contribution in [0, 0.1) is 5.82 Å². The molecule has 0 aliphatic heterocycles. The first-order valence-electron chi connectivity index (χ1n) is 12.2. The Morgan fingerprint density at radius 1 is 0.900 bits per heavy atom. The molecule has 40 heavy (non-hydrogen) atoms. The normalized spacial score (nSPS) is 12.5. The molecule has 4 aromatic carbocycles. The van der Waals surface area contributed by atoms with Gasteiger partial charge in [-0.3, -0.25) is 0 Å². The summed E-state index contributed by atoms with van der Waals surface area (Å²) < 4.78 is 36.7. The number of primary sulfonamides is 1. The Balaban J connectivity index is 1.40. The van der Waals surface area contributed by atoms with Gasteiger partial charge in [0.05, 0.1) is 21.8 Å². The second kappa shape index (κ2) is 9.98. The van der Waals surface area contributed by atoms with Crippen molar-refractivity contribution in [2.24, 2.45) is 5.14 Å². The van der Waals surface area contributed by atoms with Crippen LogP contribution in [0.2, 0.25) is 0 Å². The fourth-order valence-electron chi connectivity index (χ4n) is 4.28. The van der Waals surface area contributed by atoms with E-state index in [0.29, 0.717) is 21.9 Å². The molecular formula is C28H22FN7O3S. The van der Waals surface area contributed by atoms with Crippen molar-refractivity contribution in [1.29, 1.82) is 0 Å². The summed E-state index contributed by atoms with van der Waals surface area (Å²) in [5, 5.41) is 17.3. The molecule has 2 aromatic heterocycles. The van der Waals surface area contributed by atoms with Gasteiger partial charge in [0.25, 0.3) is 5.88 Å². The Labute approximate surface area is 228 Å². The first-order valence-corrected chi connectivity index (χ1v) is 13.7. The Morgan fingerprint density at radius 3 is 2.38 bits per heavy atom. The van der Waals surface area contributed by atoms with Gasteiger partial charge >= 0.3 is 0 Å². The van der Waals surface area contributed by atoms with Crippen molar-refractivity contribution in [3.05, 3.63) is 102 Å². The number of sulfonamides is 1. The summed E-state index contributed by atoms with van der Waals surface area (Å²) in [4.78, 5) is 16.8. The third-order valence-corrected chi connectivity index (χ3v) is 7.32. The minimum Gasteiger partial charge on any atom is -0.348 e. The molecule has 0 spiro atoms. The zero-order chi connectivity index (χ0) is 27.9. The van der Waals surface area contributed by atoms with Crippen LogP contribution in [-0.4, -0.2) is 33.5 Å². The summed E-state index contributed by atoms with van der Waals surface area (Å²) in [6.07, 6.45) is 0. The van der Waals surface area contributed by atoms with E-state index in [0.717, 1.165) is 16.7 Å². The van der Waals surface area contributed by atoms with Crippen molar-refractivity contribution in [2.45, 2.75) is 17.9 Å². The van der Waals surface area contributed by atoms with Crippen molar-refractivity contribution < 1.29 is 17.6 Å². The predicted octanol–water partition coefficient (Wildman–Crippen LogP) is 4.84. The number of hydrogen-bond donors (Lipinski definition) is 2. The summed E-state index contributed by atoms with van der Waals surface area (Å²) in [5.74, 6) is 0.187. The third kappa shape index (κ3) is 5.05. The minimum absolute atomic E-state index is 0.0260. The highest BCUT2D eigenvalue weighted by Crippen LogP contribution is 2.31. The lowest BCUT2D eigenvalue weighted by molar-refractivity contribution is 0.179. The molecule has 0 radical (unpaired) electrons. The van der Waals surface area contributed by atoms with Crippen molar-refractivity contribution in [3.8, 4) is 17.0 Å². The first-order chi connectivity index (χ1) is 19.2. The van der Waals surface area contributed by atoms with Crippen LogP contribution < -0.4 is 15.3 Å². The van der Waals surface area contributed by atoms with E-state index < -0.39 is 10.0 Å². The number of nitrogens with two attached hydrogens (primary N) is 1. The van der Waals surface area contributed by atoms with Crippen LogP contribution in [-0.2, 0) is 10.0 Å². The maximum Gasteiger partial charge on any atom is 0.261 e. The average Bonchev–Trinajstić information content (AvgIpc) is 3.35. The number of nitrogens with zero attached hydrogens (tertiary/aromatic N) is 5. The molecule has 0 aliphatic carbocycles. The molecule has 0 amide bonds. The van der Waals surface area contributed by atoms with Gasteiger partial charge in [-0.1, -0.05) is 47.3 Å². The number of halogens is 1. The maximum absolute atomic E-state index is 13.5. The second-order valence-corrected chi connectivity index (χ2v) is 10.7. The summed E-state index contributed by atoms with van der Waals surface area (Å²) in [6, 6.07) is 25.1. The van der Waals surface area contributed by atoms with E-state index in [1.807, 2.05) is 49.4 Å². The van der Waals surface area contributed by atoms with Gasteiger partial charge in [0.15, 0.2) is 0 Å². The zero-order valence-corrected chi connectivity index (χ0v) is 21.9. The summed E-state index contributed by atoms with van der Waals surface area (Å²) in [7, 11) is -3.79. The van der Waals surface area contributed by atoms with E-state index in [4.69, 9.17) is 9.98 Å². The fraction of sp³-hybridized carbons (Fsp3) is 0.0714. The van der Waals surface area contributed by atoms with E-state index >= 15 is 0 Å². The van der Waals surface area contributed by atoms with Gasteiger partial charge in [0, 0.05) is 0 Å². The van der Waals surface area contributed by atoms with Crippen molar-refractivity contribution in [3.63, 3.8) is 0 Å². The van der Waals surface area contributed by atoms with Gasteiger partial charge in [0.2, 0.25) is 16.0 Å². The molecule has 3 N–H and O–H groups in total. The van der Waals surface area contributed by atoms with Crippen LogP contribution in [0.1, 0.15) is 18.5 Å². The number of anilines is 1. The number of nitrogens with one attached hydrogen (secondary N) is 1. The van der Waals surface area contributed by atoms with Crippen molar-refractivity contribution in [2.75, 3.05) is 5.32 Å². The minimum atomic E-state index is -3.79. The standard InChI is InChI=1S/C28H22FN7O3S/c1-17(18-8-13-22(14-9-18)40(30,37)38)31-28-32-24-15-10-20(19-6-11-21(29)12-7-19)16-23(24)27(33-28)39-36-26-5-3-2-4-25(26)34-35-36/h2-17H,1H3,(H2,30,37,38)(H,31,32,33). The van der Waals surface area contributed by atoms with Crippen LogP contribution in [0.15, 0.2) is 95.9 Å². The molecule has 0 saturated carbocycles. The molecule has 1 unspecified atom stereocenters. The molecule has 0 saturated heterocycles. The Morgan fingerprint density at radius 2 is 1.62 bits per heavy atom. The lowest BCUT2D eigenvalue weighted by Gasteiger charge is -2.16. The van der Waals surface area contributed by atoms with E-state index in [1.54, 1.807) is 24.3 Å². The number of hydrogen-bond acceptors (Lipinski definition) is 8. The van der Waals surface area contributed by atoms with Crippen LogP contribution in [0.3, 0.4) is 0 Å². The van der Waals surface area contributed by atoms with Crippen molar-refractivity contribution in [1.82, 2.24) is 25.1 Å². The SMILES string of the molecule is CC(Nc1nc(On2nnc3ccccc32)c2cc(-c3ccc(F)cc3)ccc2n1)c1ccc(S(N)(=O)=O)cc1. The van der Waals surface area contributed by atoms with Crippen LogP contribution in [0.5, 0.6) is 5.88 Å². The average molecular weight is 556 g/mol. The highest BCUT2D eigenvalue weighted by molar-refractivity contribution is 7.89. The van der Waals surface area contributed by atoms with Gasteiger partial charge in [-0.05, 0) is 77.4 Å². The Hall–Kier alpha value is -4.94. The molecule has 2 heterocycles. The monoisotopic (exact) mass is 555 g/mol. The first kappa shape index (κ1) is 25.3. The van der Waals surface area contributed by atoms with Gasteiger partial charge in [-0.2, -0.15) is 4.98 Å². The third-order valence-electron chi connectivity index (χ3n) is 6.39. The van der Waals surface area contributed by atoms with Crippen LogP contribution in [0.25, 0.3) is 33.1 Å². The number of aromatic nitrogens is 5. The maximum atomic E-state index is 13.5. The Bertz CT molecular complexity index is 1960. The molecule has 1 atom stereocenters. The Kier molecular flexibility index (Phi) is 6.33. The zero-order valence-electron chi connectivity index (χ0n) is 21.1. The number of rotatable bonds is 7. The van der Waals surface area contributed by atoms with Gasteiger partial charge in [0.1, 0.15) is 16.9 Å². The second-order valence-electron chi connectivity index (χ2n) is 9.11. The summed E-state index contributed by atoms with van der Waals surface area (Å²) in [5.41, 5.74) is 4.35. The topological polar surface area (TPSA) is 138 Å². The molecule has 0 bridgehead atoms. The van der Waals surface area contributed by atoms with Gasteiger partial charge in [-0.25, -0.2) is 22.9 Å². The number of benzene rings is 4. The lowest BCUT2D eigenvalue weighted by Crippen LogP contribution is -2.14. The smallest absolute Gasteiger partial charge is 0.261 e. The lowest BCUT2D eigenvalue weighted by atomic mass is 10.0. The largest absolute Gasteiger partial charge is 0.348 e. The quantitative estimate of drug-likeness (QED) is 0.285. The van der Waals surface area contributed by atoms with E-state index in [9.17, 15) is 12.8 Å². The van der Waals surface area contributed by atoms with Gasteiger partial charge in [-0.15, -0.1) is 5.10 Å². The molecule has 10 nitrogen and oxygen atoms in total. The highest BCUT2D eigenvalue weighted by atomic mass is 32.2. The van der Waals surface area contributed by atoms with Crippen molar-refractivity contribution >= 4 is 37.9 Å². The van der Waals surface area contributed by atoms with Crippen LogP contribution in [0.4, 0.5) is 10.3 Å². The molecule has 0 fully saturated rings. The van der Waals surface area contributed by atoms with Crippen LogP contribution >= 0.6 is 0 Å². The molecule has 6 aromatic rings.